The molecule has 0 aromatic heterocycles. The quantitative estimate of drug-likeness (QED) is 0.483. The summed E-state index contributed by atoms with van der Waals surface area (Å²) >= 11 is 0. The summed E-state index contributed by atoms with van der Waals surface area (Å²) in [5.74, 6) is -0.110. The minimum atomic E-state index is -0.110. The molecule has 0 heterocycles. The van der Waals surface area contributed by atoms with Crippen LogP contribution in [0.3, 0.4) is 0 Å². The lowest BCUT2D eigenvalue weighted by Crippen LogP contribution is -2.34. The molecule has 84 valence electrons. The Hall–Kier alpha value is -0.570. The van der Waals surface area contributed by atoms with Crippen LogP contribution in [-0.4, -0.2) is 25.2 Å². The molecule has 1 atom stereocenters. The summed E-state index contributed by atoms with van der Waals surface area (Å²) in [6.07, 6.45) is 3.84. The van der Waals surface area contributed by atoms with Gasteiger partial charge in [0.25, 0.3) is 0 Å². The van der Waals surface area contributed by atoms with Crippen LogP contribution in [0.1, 0.15) is 46.5 Å². The molecule has 1 N–H and O–H groups in total. The minimum Gasteiger partial charge on any atom is -0.464 e. The van der Waals surface area contributed by atoms with Crippen LogP contribution >= 0.6 is 0 Å². The smallest absolute Gasteiger partial charge is 0.305 e. The highest BCUT2D eigenvalue weighted by Gasteiger charge is 2.07. The highest BCUT2D eigenvalue weighted by atomic mass is 16.5. The molecule has 0 aliphatic rings. The van der Waals surface area contributed by atoms with E-state index < -0.39 is 0 Å². The van der Waals surface area contributed by atoms with Crippen LogP contribution in [0.4, 0.5) is 0 Å². The fourth-order valence-electron chi connectivity index (χ4n) is 1.10. The van der Waals surface area contributed by atoms with Crippen LogP contribution in [0.25, 0.3) is 0 Å². The van der Waals surface area contributed by atoms with Gasteiger partial charge in [-0.15, -0.1) is 0 Å². The molecule has 0 aliphatic heterocycles. The normalized spacial score (nSPS) is 12.5. The summed E-state index contributed by atoms with van der Waals surface area (Å²) in [4.78, 5) is 10.9. The molecule has 3 nitrogen and oxygen atoms in total. The van der Waals surface area contributed by atoms with Crippen molar-refractivity contribution in [3.05, 3.63) is 0 Å². The molecule has 0 saturated carbocycles. The van der Waals surface area contributed by atoms with Crippen molar-refractivity contribution >= 4 is 5.97 Å². The Balaban J connectivity index is 3.52. The summed E-state index contributed by atoms with van der Waals surface area (Å²) in [6.45, 7) is 7.60. The van der Waals surface area contributed by atoms with E-state index in [0.717, 1.165) is 13.0 Å². The van der Waals surface area contributed by atoms with Gasteiger partial charge in [-0.3, -0.25) is 4.79 Å². The van der Waals surface area contributed by atoms with Crippen molar-refractivity contribution in [2.24, 2.45) is 0 Å². The standard InChI is InChI=1S/C11H23NO2/c1-4-7-8-12-10(5-2)9-14-11(13)6-3/h10,12H,4-9H2,1-3H3. The first-order valence-corrected chi connectivity index (χ1v) is 5.63. The number of carbonyl (C=O) groups excluding carboxylic acids is 1. The first-order chi connectivity index (χ1) is 6.74. The van der Waals surface area contributed by atoms with E-state index in [4.69, 9.17) is 4.74 Å². The largest absolute Gasteiger partial charge is 0.464 e. The highest BCUT2D eigenvalue weighted by molar-refractivity contribution is 5.68. The van der Waals surface area contributed by atoms with Crippen LogP contribution in [0.2, 0.25) is 0 Å². The van der Waals surface area contributed by atoms with Gasteiger partial charge in [-0.2, -0.15) is 0 Å². The van der Waals surface area contributed by atoms with Gasteiger partial charge in [0.05, 0.1) is 0 Å². The number of hydrogen-bond donors (Lipinski definition) is 1. The minimum absolute atomic E-state index is 0.110. The molecule has 14 heavy (non-hydrogen) atoms. The first-order valence-electron chi connectivity index (χ1n) is 5.63. The fourth-order valence-corrected chi connectivity index (χ4v) is 1.10. The number of hydrogen-bond acceptors (Lipinski definition) is 3. The molecule has 0 spiro atoms. The average Bonchev–Trinajstić information content (AvgIpc) is 2.22. The lowest BCUT2D eigenvalue weighted by atomic mass is 10.2. The fraction of sp³-hybridized carbons (Fsp3) is 0.909. The van der Waals surface area contributed by atoms with E-state index in [9.17, 15) is 4.79 Å². The number of unbranched alkanes of at least 4 members (excludes halogenated alkanes) is 1. The predicted molar refractivity (Wildman–Crippen MR) is 58.2 cm³/mol. The van der Waals surface area contributed by atoms with E-state index in [0.29, 0.717) is 19.1 Å². The number of esters is 1. The van der Waals surface area contributed by atoms with E-state index in [-0.39, 0.29) is 5.97 Å². The molecule has 0 aliphatic carbocycles. The molecule has 3 heteroatoms. The second kappa shape index (κ2) is 9.00. The molecule has 0 radical (unpaired) electrons. The maximum atomic E-state index is 10.9. The third-order valence-corrected chi connectivity index (χ3v) is 2.19. The van der Waals surface area contributed by atoms with Gasteiger partial charge in [-0.1, -0.05) is 27.2 Å². The summed E-state index contributed by atoms with van der Waals surface area (Å²) in [6, 6.07) is 0.317. The predicted octanol–water partition coefficient (Wildman–Crippen LogP) is 2.11. The zero-order chi connectivity index (χ0) is 10.8. The van der Waals surface area contributed by atoms with Crippen molar-refractivity contribution in [1.82, 2.24) is 5.32 Å². The number of carbonyl (C=O) groups is 1. The van der Waals surface area contributed by atoms with Gasteiger partial charge >= 0.3 is 5.97 Å². The lowest BCUT2D eigenvalue weighted by molar-refractivity contribution is -0.144. The van der Waals surface area contributed by atoms with Crippen LogP contribution in [-0.2, 0) is 9.53 Å². The second-order valence-corrected chi connectivity index (χ2v) is 3.45. The molecule has 0 saturated heterocycles. The Labute approximate surface area is 87.2 Å². The van der Waals surface area contributed by atoms with E-state index in [1.807, 2.05) is 6.92 Å². The van der Waals surface area contributed by atoms with Crippen LogP contribution < -0.4 is 5.32 Å². The van der Waals surface area contributed by atoms with E-state index in [2.05, 4.69) is 19.2 Å². The summed E-state index contributed by atoms with van der Waals surface area (Å²) in [5, 5.41) is 3.37. The Bertz CT molecular complexity index is 148. The number of ether oxygens (including phenoxy) is 1. The topological polar surface area (TPSA) is 38.3 Å². The maximum Gasteiger partial charge on any atom is 0.305 e. The van der Waals surface area contributed by atoms with Gasteiger partial charge in [0.2, 0.25) is 0 Å². The summed E-state index contributed by atoms with van der Waals surface area (Å²) in [5.41, 5.74) is 0. The highest BCUT2D eigenvalue weighted by Crippen LogP contribution is 1.95. The SMILES string of the molecule is CCCCNC(CC)COC(=O)CC. The molecular weight excluding hydrogens is 178 g/mol. The van der Waals surface area contributed by atoms with Gasteiger partial charge in [-0.25, -0.2) is 0 Å². The van der Waals surface area contributed by atoms with Gasteiger partial charge < -0.3 is 10.1 Å². The maximum absolute atomic E-state index is 10.9. The Kier molecular flexibility index (Phi) is 8.64. The van der Waals surface area contributed by atoms with Gasteiger partial charge in [0, 0.05) is 12.5 Å². The Morgan fingerprint density at radius 1 is 1.36 bits per heavy atom. The van der Waals surface area contributed by atoms with E-state index in [1.165, 1.54) is 12.8 Å². The zero-order valence-corrected chi connectivity index (χ0v) is 9.64. The van der Waals surface area contributed by atoms with Crippen LogP contribution in [0.15, 0.2) is 0 Å². The average molecular weight is 201 g/mol. The van der Waals surface area contributed by atoms with E-state index >= 15 is 0 Å². The molecule has 0 aromatic carbocycles. The molecule has 0 aromatic rings. The first kappa shape index (κ1) is 13.4. The van der Waals surface area contributed by atoms with Gasteiger partial charge in [0.15, 0.2) is 0 Å². The van der Waals surface area contributed by atoms with Crippen molar-refractivity contribution in [2.45, 2.75) is 52.5 Å². The third kappa shape index (κ3) is 6.89. The number of nitrogens with one attached hydrogen (secondary N) is 1. The van der Waals surface area contributed by atoms with Crippen molar-refractivity contribution in [2.75, 3.05) is 13.2 Å². The monoisotopic (exact) mass is 201 g/mol. The van der Waals surface area contributed by atoms with Crippen molar-refractivity contribution < 1.29 is 9.53 Å². The van der Waals surface area contributed by atoms with Crippen molar-refractivity contribution in [3.8, 4) is 0 Å². The third-order valence-electron chi connectivity index (χ3n) is 2.19. The molecule has 0 rings (SSSR count). The molecular formula is C11H23NO2. The summed E-state index contributed by atoms with van der Waals surface area (Å²) < 4.78 is 5.07. The van der Waals surface area contributed by atoms with Gasteiger partial charge in [-0.05, 0) is 19.4 Å². The zero-order valence-electron chi connectivity index (χ0n) is 9.64. The Morgan fingerprint density at radius 2 is 2.07 bits per heavy atom. The molecule has 0 amide bonds. The van der Waals surface area contributed by atoms with E-state index in [1.54, 1.807) is 0 Å². The lowest BCUT2D eigenvalue weighted by Gasteiger charge is -2.16. The van der Waals surface area contributed by atoms with Crippen molar-refractivity contribution in [3.63, 3.8) is 0 Å². The van der Waals surface area contributed by atoms with Crippen LogP contribution in [0.5, 0.6) is 0 Å². The molecule has 1 unspecified atom stereocenters. The Morgan fingerprint density at radius 3 is 2.57 bits per heavy atom. The number of rotatable bonds is 8. The molecule has 0 fully saturated rings. The second-order valence-electron chi connectivity index (χ2n) is 3.45. The van der Waals surface area contributed by atoms with Gasteiger partial charge in [0.1, 0.15) is 6.61 Å². The van der Waals surface area contributed by atoms with Crippen LogP contribution in [0, 0.1) is 0 Å². The molecule has 0 bridgehead atoms. The summed E-state index contributed by atoms with van der Waals surface area (Å²) in [7, 11) is 0. The van der Waals surface area contributed by atoms with Crippen molar-refractivity contribution in [1.29, 1.82) is 0 Å².